The highest BCUT2D eigenvalue weighted by atomic mass is 16.3. The van der Waals surface area contributed by atoms with E-state index < -0.39 is 0 Å². The van der Waals surface area contributed by atoms with Crippen molar-refractivity contribution >= 4 is 0 Å². The van der Waals surface area contributed by atoms with Crippen molar-refractivity contribution in [3.05, 3.63) is 36.5 Å². The molecule has 3 atom stereocenters. The molecule has 0 saturated heterocycles. The first-order valence-electron chi connectivity index (χ1n) is 5.54. The van der Waals surface area contributed by atoms with Gasteiger partial charge in [-0.15, -0.1) is 0 Å². The van der Waals surface area contributed by atoms with Crippen LogP contribution in [0, 0.1) is 10.8 Å². The number of aliphatic hydroxyl groups excluding tert-OH is 1. The minimum atomic E-state index is -0.274. The van der Waals surface area contributed by atoms with Gasteiger partial charge in [0.15, 0.2) is 0 Å². The maximum atomic E-state index is 10.1. The summed E-state index contributed by atoms with van der Waals surface area (Å²) in [6.07, 6.45) is 17.6. The average molecular weight is 188 g/mol. The molecule has 3 aliphatic rings. The lowest BCUT2D eigenvalue weighted by molar-refractivity contribution is 0.0181. The van der Waals surface area contributed by atoms with E-state index in [0.717, 1.165) is 6.42 Å². The van der Waals surface area contributed by atoms with Crippen LogP contribution >= 0.6 is 0 Å². The number of hydrogen-bond acceptors (Lipinski definition) is 1. The first-order chi connectivity index (χ1) is 6.79. The van der Waals surface area contributed by atoms with Gasteiger partial charge in [-0.05, 0) is 12.8 Å². The lowest BCUT2D eigenvalue weighted by atomic mass is 9.55. The van der Waals surface area contributed by atoms with Gasteiger partial charge >= 0.3 is 0 Å². The Balaban J connectivity index is 2.14. The van der Waals surface area contributed by atoms with E-state index in [1.54, 1.807) is 0 Å². The van der Waals surface area contributed by atoms with E-state index in [2.05, 4.69) is 30.4 Å². The third-order valence-electron chi connectivity index (χ3n) is 4.30. The van der Waals surface area contributed by atoms with E-state index in [9.17, 15) is 5.11 Å². The maximum Gasteiger partial charge on any atom is 0.0823 e. The van der Waals surface area contributed by atoms with Gasteiger partial charge in [-0.2, -0.15) is 0 Å². The maximum absolute atomic E-state index is 10.1. The molecule has 3 aliphatic carbocycles. The van der Waals surface area contributed by atoms with Crippen LogP contribution in [0.25, 0.3) is 0 Å². The van der Waals surface area contributed by atoms with Gasteiger partial charge < -0.3 is 5.11 Å². The van der Waals surface area contributed by atoms with Gasteiger partial charge in [0.2, 0.25) is 0 Å². The van der Waals surface area contributed by atoms with Crippen molar-refractivity contribution in [2.75, 3.05) is 0 Å². The molecule has 0 spiro atoms. The molecule has 0 aliphatic heterocycles. The Kier molecular flexibility index (Phi) is 1.58. The summed E-state index contributed by atoms with van der Waals surface area (Å²) in [7, 11) is 0. The standard InChI is InChI=1S/C13H16O/c14-11-5-10-12-6-1-3-8-13(11,12)9-4-2-7-12/h1,3,5-6,8,10-11,14H,2,4,7,9H2/t11-,12+,13-/m1/s1. The number of rotatable bonds is 0. The summed E-state index contributed by atoms with van der Waals surface area (Å²) in [5.41, 5.74) is 0.138. The van der Waals surface area contributed by atoms with Crippen LogP contribution in [0.4, 0.5) is 0 Å². The SMILES string of the molecule is O[C@@H]1C=C[C@@]23C=CC=C[C@@]12CCCC3. The summed E-state index contributed by atoms with van der Waals surface area (Å²) in [4.78, 5) is 0. The molecule has 0 bridgehead atoms. The van der Waals surface area contributed by atoms with Crippen LogP contribution in [0.5, 0.6) is 0 Å². The zero-order chi connectivity index (χ0) is 9.65. The molecule has 1 N–H and O–H groups in total. The third-order valence-corrected chi connectivity index (χ3v) is 4.30. The molecule has 1 saturated carbocycles. The van der Waals surface area contributed by atoms with Crippen molar-refractivity contribution < 1.29 is 5.11 Å². The summed E-state index contributed by atoms with van der Waals surface area (Å²) in [5.74, 6) is 0. The molecule has 1 fully saturated rings. The predicted octanol–water partition coefficient (Wildman–Crippen LogP) is 2.59. The summed E-state index contributed by atoms with van der Waals surface area (Å²) < 4.78 is 0. The van der Waals surface area contributed by atoms with Gasteiger partial charge in [0, 0.05) is 10.8 Å². The van der Waals surface area contributed by atoms with Crippen LogP contribution in [-0.2, 0) is 0 Å². The second kappa shape index (κ2) is 2.60. The molecule has 74 valence electrons. The van der Waals surface area contributed by atoms with Crippen LogP contribution in [-0.4, -0.2) is 11.2 Å². The molecule has 0 unspecified atom stereocenters. The number of aliphatic hydroxyl groups is 1. The number of hydrogen-bond donors (Lipinski definition) is 1. The second-order valence-electron chi connectivity index (χ2n) is 4.81. The molecule has 3 rings (SSSR count). The van der Waals surface area contributed by atoms with Crippen molar-refractivity contribution in [3.63, 3.8) is 0 Å². The van der Waals surface area contributed by atoms with Crippen LogP contribution in [0.3, 0.4) is 0 Å². The molecule has 0 aromatic heterocycles. The van der Waals surface area contributed by atoms with E-state index in [0.29, 0.717) is 0 Å². The highest BCUT2D eigenvalue weighted by Crippen LogP contribution is 2.60. The summed E-state index contributed by atoms with van der Waals surface area (Å²) in [5, 5.41) is 10.1. The molecule has 0 aromatic carbocycles. The zero-order valence-corrected chi connectivity index (χ0v) is 8.32. The Labute approximate surface area is 84.8 Å². The first-order valence-corrected chi connectivity index (χ1v) is 5.54. The highest BCUT2D eigenvalue weighted by molar-refractivity contribution is 5.39. The highest BCUT2D eigenvalue weighted by Gasteiger charge is 2.55. The van der Waals surface area contributed by atoms with Gasteiger partial charge in [-0.25, -0.2) is 0 Å². The molecular weight excluding hydrogens is 172 g/mol. The average Bonchev–Trinajstić information content (AvgIpc) is 2.54. The minimum absolute atomic E-state index is 0. The summed E-state index contributed by atoms with van der Waals surface area (Å²) in [6.45, 7) is 0. The van der Waals surface area contributed by atoms with E-state index in [4.69, 9.17) is 0 Å². The molecule has 14 heavy (non-hydrogen) atoms. The van der Waals surface area contributed by atoms with Crippen molar-refractivity contribution in [3.8, 4) is 0 Å². The quantitative estimate of drug-likeness (QED) is 0.579. The van der Waals surface area contributed by atoms with E-state index in [-0.39, 0.29) is 16.9 Å². The van der Waals surface area contributed by atoms with E-state index in [1.165, 1.54) is 19.3 Å². The Hall–Kier alpha value is -0.820. The van der Waals surface area contributed by atoms with Crippen molar-refractivity contribution in [1.29, 1.82) is 0 Å². The zero-order valence-electron chi connectivity index (χ0n) is 8.32. The van der Waals surface area contributed by atoms with E-state index >= 15 is 0 Å². The number of allylic oxidation sites excluding steroid dienone is 4. The van der Waals surface area contributed by atoms with Crippen LogP contribution < -0.4 is 0 Å². The van der Waals surface area contributed by atoms with Gasteiger partial charge in [-0.1, -0.05) is 49.3 Å². The van der Waals surface area contributed by atoms with Gasteiger partial charge in [0.25, 0.3) is 0 Å². The lowest BCUT2D eigenvalue weighted by Crippen LogP contribution is -2.45. The third kappa shape index (κ3) is 0.795. The molecule has 1 nitrogen and oxygen atoms in total. The Morgan fingerprint density at radius 2 is 1.79 bits per heavy atom. The Morgan fingerprint density at radius 3 is 2.64 bits per heavy atom. The fourth-order valence-corrected chi connectivity index (χ4v) is 3.48. The fraction of sp³-hybridized carbons (Fsp3) is 0.538. The lowest BCUT2D eigenvalue weighted by Gasteiger charge is -2.49. The fourth-order valence-electron chi connectivity index (χ4n) is 3.48. The van der Waals surface area contributed by atoms with Gasteiger partial charge in [-0.3, -0.25) is 0 Å². The molecule has 0 heterocycles. The summed E-state index contributed by atoms with van der Waals surface area (Å²) >= 11 is 0. The van der Waals surface area contributed by atoms with Crippen molar-refractivity contribution in [2.24, 2.45) is 10.8 Å². The molecular formula is C13H16O. The molecule has 0 radical (unpaired) electrons. The normalized spacial score (nSPS) is 49.1. The van der Waals surface area contributed by atoms with Gasteiger partial charge in [0.1, 0.15) is 0 Å². The largest absolute Gasteiger partial charge is 0.388 e. The Morgan fingerprint density at radius 1 is 1.00 bits per heavy atom. The minimum Gasteiger partial charge on any atom is -0.388 e. The van der Waals surface area contributed by atoms with Crippen molar-refractivity contribution in [2.45, 2.75) is 31.8 Å². The monoisotopic (exact) mass is 188 g/mol. The molecule has 0 aromatic rings. The molecule has 0 amide bonds. The van der Waals surface area contributed by atoms with Crippen LogP contribution in [0.15, 0.2) is 36.5 Å². The van der Waals surface area contributed by atoms with E-state index in [1.807, 2.05) is 6.08 Å². The van der Waals surface area contributed by atoms with Gasteiger partial charge in [0.05, 0.1) is 6.10 Å². The molecule has 1 heteroatoms. The Bertz CT molecular complexity index is 339. The topological polar surface area (TPSA) is 20.2 Å². The second-order valence-corrected chi connectivity index (χ2v) is 4.81. The van der Waals surface area contributed by atoms with Crippen LogP contribution in [0.1, 0.15) is 25.7 Å². The summed E-state index contributed by atoms with van der Waals surface area (Å²) in [6, 6.07) is 0. The van der Waals surface area contributed by atoms with Crippen molar-refractivity contribution in [1.82, 2.24) is 0 Å². The van der Waals surface area contributed by atoms with Crippen LogP contribution in [0.2, 0.25) is 0 Å². The predicted molar refractivity (Wildman–Crippen MR) is 56.8 cm³/mol. The smallest absolute Gasteiger partial charge is 0.0823 e. The first kappa shape index (κ1) is 8.49.